The van der Waals surface area contributed by atoms with Crippen LogP contribution in [0.2, 0.25) is 0 Å². The van der Waals surface area contributed by atoms with E-state index in [-0.39, 0.29) is 18.7 Å². The van der Waals surface area contributed by atoms with E-state index in [1.807, 2.05) is 0 Å². The van der Waals surface area contributed by atoms with Gasteiger partial charge in [0.1, 0.15) is 6.61 Å². The quantitative estimate of drug-likeness (QED) is 0.0512. The summed E-state index contributed by atoms with van der Waals surface area (Å²) in [5, 5.41) is 20.2. The highest BCUT2D eigenvalue weighted by atomic mass is 16.5. The lowest BCUT2D eigenvalue weighted by Crippen LogP contribution is -2.18. The van der Waals surface area contributed by atoms with Crippen molar-refractivity contribution in [2.45, 2.75) is 257 Å². The molecule has 0 fully saturated rings. The van der Waals surface area contributed by atoms with Crippen LogP contribution < -0.4 is 0 Å². The Morgan fingerprint density at radius 1 is 0.391 bits per heavy atom. The molecule has 0 spiro atoms. The Bertz CT molecular complexity index is 580. The monoisotopic (exact) mass is 653 g/mol. The average Bonchev–Trinajstić information content (AvgIpc) is 3.05. The van der Waals surface area contributed by atoms with Gasteiger partial charge in [0.2, 0.25) is 0 Å². The van der Waals surface area contributed by atoms with Gasteiger partial charge in [-0.05, 0) is 25.7 Å². The van der Waals surface area contributed by atoms with Gasteiger partial charge in [0, 0.05) is 6.42 Å². The van der Waals surface area contributed by atoms with Crippen molar-refractivity contribution in [3.05, 3.63) is 0 Å². The molecule has 0 aromatic rings. The second-order valence-corrected chi connectivity index (χ2v) is 14.7. The summed E-state index contributed by atoms with van der Waals surface area (Å²) >= 11 is 0. The number of hydrogen-bond donors (Lipinski definition) is 2. The smallest absolute Gasteiger partial charge is 0.305 e. The highest BCUT2D eigenvalue weighted by Crippen LogP contribution is 2.17. The number of aliphatic hydroxyl groups excluding tert-OH is 2. The molecule has 2 unspecified atom stereocenters. The predicted molar refractivity (Wildman–Crippen MR) is 201 cm³/mol. The van der Waals surface area contributed by atoms with Crippen LogP contribution >= 0.6 is 0 Å². The minimum atomic E-state index is -0.512. The lowest BCUT2D eigenvalue weighted by atomic mass is 10.0. The molecule has 0 bridgehead atoms. The zero-order chi connectivity index (χ0) is 33.6. The second kappa shape index (κ2) is 38.8. The summed E-state index contributed by atoms with van der Waals surface area (Å²) in [7, 11) is 0. The molecule has 0 aliphatic carbocycles. The van der Waals surface area contributed by atoms with Crippen molar-refractivity contribution >= 4 is 5.97 Å². The van der Waals surface area contributed by atoms with Crippen LogP contribution in [0.25, 0.3) is 0 Å². The van der Waals surface area contributed by atoms with E-state index >= 15 is 0 Å². The molecule has 4 heteroatoms. The molecule has 0 heterocycles. The first-order valence-electron chi connectivity index (χ1n) is 21.1. The van der Waals surface area contributed by atoms with E-state index in [9.17, 15) is 15.0 Å². The van der Waals surface area contributed by atoms with Crippen molar-refractivity contribution in [1.29, 1.82) is 0 Å². The van der Waals surface area contributed by atoms with Crippen LogP contribution in [0.1, 0.15) is 245 Å². The third-order valence-corrected chi connectivity index (χ3v) is 9.89. The third-order valence-electron chi connectivity index (χ3n) is 9.89. The van der Waals surface area contributed by atoms with Crippen LogP contribution in [0.5, 0.6) is 0 Å². The number of ether oxygens (including phenoxy) is 1. The topological polar surface area (TPSA) is 66.8 Å². The molecule has 2 N–H and O–H groups in total. The van der Waals surface area contributed by atoms with E-state index < -0.39 is 6.10 Å². The first-order chi connectivity index (χ1) is 22.6. The number of aliphatic hydroxyl groups is 2. The van der Waals surface area contributed by atoms with E-state index in [2.05, 4.69) is 13.8 Å². The number of carbonyl (C=O) groups excluding carboxylic acids is 1. The van der Waals surface area contributed by atoms with Gasteiger partial charge in [-0.25, -0.2) is 0 Å². The third kappa shape index (κ3) is 37.8. The Balaban J connectivity index is 3.29. The minimum absolute atomic E-state index is 0.0963. The van der Waals surface area contributed by atoms with Crippen molar-refractivity contribution in [2.75, 3.05) is 6.61 Å². The zero-order valence-corrected chi connectivity index (χ0v) is 31.5. The lowest BCUT2D eigenvalue weighted by molar-refractivity contribution is -0.146. The van der Waals surface area contributed by atoms with Gasteiger partial charge < -0.3 is 14.9 Å². The van der Waals surface area contributed by atoms with Crippen molar-refractivity contribution in [3.63, 3.8) is 0 Å². The van der Waals surface area contributed by atoms with E-state index in [4.69, 9.17) is 4.74 Å². The lowest BCUT2D eigenvalue weighted by Gasteiger charge is -2.11. The molecule has 0 amide bonds. The number of unbranched alkanes of at least 4 members (excludes halogenated alkanes) is 29. The van der Waals surface area contributed by atoms with Crippen LogP contribution in [-0.2, 0) is 9.53 Å². The number of rotatable bonds is 39. The molecule has 0 saturated heterocycles. The van der Waals surface area contributed by atoms with Gasteiger partial charge in [-0.1, -0.05) is 213 Å². The van der Waals surface area contributed by atoms with Gasteiger partial charge in [-0.2, -0.15) is 0 Å². The van der Waals surface area contributed by atoms with Crippen LogP contribution in [0.3, 0.4) is 0 Å². The second-order valence-electron chi connectivity index (χ2n) is 14.7. The maximum atomic E-state index is 12.0. The van der Waals surface area contributed by atoms with Crippen LogP contribution in [0.15, 0.2) is 0 Å². The standard InChI is InChI=1S/C42H84O4/c1-3-5-7-9-10-11-12-13-14-15-16-17-18-19-20-21-22-26-29-33-37-41(44)39-46-42(45)38-34-30-27-24-23-25-28-32-36-40(43)35-31-8-6-4-2/h40-41,43-44H,3-39H2,1-2H3. The van der Waals surface area contributed by atoms with Gasteiger partial charge in [0.25, 0.3) is 0 Å². The molecular formula is C42H84O4. The average molecular weight is 653 g/mol. The Morgan fingerprint density at radius 3 is 1.00 bits per heavy atom. The van der Waals surface area contributed by atoms with E-state index in [0.29, 0.717) is 6.42 Å². The summed E-state index contributed by atoms with van der Waals surface area (Å²) in [6.45, 7) is 4.67. The SMILES string of the molecule is CCCCCCCCCCCCCCCCCCCCCCC(O)COC(=O)CCCCCCCCCCC(O)CCCCCC. The molecule has 0 radical (unpaired) electrons. The van der Waals surface area contributed by atoms with Crippen molar-refractivity contribution in [3.8, 4) is 0 Å². The van der Waals surface area contributed by atoms with Gasteiger partial charge in [0.05, 0.1) is 12.2 Å². The largest absolute Gasteiger partial charge is 0.463 e. The molecule has 2 atom stereocenters. The molecular weight excluding hydrogens is 568 g/mol. The molecule has 0 aliphatic rings. The number of carbonyl (C=O) groups is 1. The zero-order valence-electron chi connectivity index (χ0n) is 31.5. The Kier molecular flexibility index (Phi) is 38.3. The summed E-state index contributed by atoms with van der Waals surface area (Å²) in [6, 6.07) is 0. The van der Waals surface area contributed by atoms with Crippen LogP contribution in [0, 0.1) is 0 Å². The fourth-order valence-corrected chi connectivity index (χ4v) is 6.64. The highest BCUT2D eigenvalue weighted by Gasteiger charge is 2.09. The summed E-state index contributed by atoms with van der Waals surface area (Å²) in [6.07, 6.45) is 44.3. The molecule has 4 nitrogen and oxygen atoms in total. The maximum Gasteiger partial charge on any atom is 0.305 e. The number of esters is 1. The van der Waals surface area contributed by atoms with Crippen LogP contribution in [-0.4, -0.2) is 35.0 Å². The molecule has 0 aliphatic heterocycles. The molecule has 0 saturated carbocycles. The molecule has 46 heavy (non-hydrogen) atoms. The van der Waals surface area contributed by atoms with E-state index in [1.165, 1.54) is 180 Å². The minimum Gasteiger partial charge on any atom is -0.463 e. The summed E-state index contributed by atoms with van der Waals surface area (Å²) < 4.78 is 5.32. The van der Waals surface area contributed by atoms with Crippen molar-refractivity contribution in [2.24, 2.45) is 0 Å². The summed E-state index contributed by atoms with van der Waals surface area (Å²) in [4.78, 5) is 12.0. The van der Waals surface area contributed by atoms with Crippen LogP contribution in [0.4, 0.5) is 0 Å². The van der Waals surface area contributed by atoms with E-state index in [0.717, 1.165) is 44.9 Å². The van der Waals surface area contributed by atoms with E-state index in [1.54, 1.807) is 0 Å². The van der Waals surface area contributed by atoms with Gasteiger partial charge in [-0.15, -0.1) is 0 Å². The Labute approximate surface area is 289 Å². The Morgan fingerprint density at radius 2 is 0.652 bits per heavy atom. The molecule has 0 aromatic carbocycles. The summed E-state index contributed by atoms with van der Waals surface area (Å²) in [5.41, 5.74) is 0. The molecule has 276 valence electrons. The first-order valence-corrected chi connectivity index (χ1v) is 21.1. The predicted octanol–water partition coefficient (Wildman–Crippen LogP) is 13.3. The molecule has 0 rings (SSSR count). The highest BCUT2D eigenvalue weighted by molar-refractivity contribution is 5.69. The fraction of sp³-hybridized carbons (Fsp3) is 0.976. The van der Waals surface area contributed by atoms with Gasteiger partial charge in [0.15, 0.2) is 0 Å². The maximum absolute atomic E-state index is 12.0. The van der Waals surface area contributed by atoms with Crippen molar-refractivity contribution < 1.29 is 19.7 Å². The molecule has 0 aromatic heterocycles. The Hall–Kier alpha value is -0.610. The van der Waals surface area contributed by atoms with Gasteiger partial charge >= 0.3 is 5.97 Å². The fourth-order valence-electron chi connectivity index (χ4n) is 6.64. The number of hydrogen-bond acceptors (Lipinski definition) is 4. The first kappa shape index (κ1) is 45.4. The summed E-state index contributed by atoms with van der Waals surface area (Å²) in [5.74, 6) is -0.157. The van der Waals surface area contributed by atoms with Crippen molar-refractivity contribution in [1.82, 2.24) is 0 Å². The normalized spacial score (nSPS) is 12.9. The van der Waals surface area contributed by atoms with Gasteiger partial charge in [-0.3, -0.25) is 4.79 Å².